The van der Waals surface area contributed by atoms with Gasteiger partial charge < -0.3 is 5.73 Å². The van der Waals surface area contributed by atoms with E-state index >= 15 is 0 Å². The van der Waals surface area contributed by atoms with Gasteiger partial charge in [-0.25, -0.2) is 13.0 Å². The van der Waals surface area contributed by atoms with Gasteiger partial charge in [-0.2, -0.15) is 13.2 Å². The second kappa shape index (κ2) is 6.36. The Kier molecular flexibility index (Phi) is 5.19. The molecule has 0 radical (unpaired) electrons. The van der Waals surface area contributed by atoms with E-state index in [1.807, 2.05) is 22.6 Å². The van der Waals surface area contributed by atoms with Crippen LogP contribution in [0.4, 0.5) is 17.6 Å². The maximum atomic E-state index is 14.3. The molecule has 1 aromatic rings. The average Bonchev–Trinajstić information content (AvgIpc) is 2.45. The summed E-state index contributed by atoms with van der Waals surface area (Å²) in [5.41, 5.74) is 4.70. The van der Waals surface area contributed by atoms with Crippen LogP contribution in [-0.2, 0) is 15.3 Å². The third kappa shape index (κ3) is 3.93. The zero-order valence-corrected chi connectivity index (χ0v) is 16.8. The summed E-state index contributed by atoms with van der Waals surface area (Å²) in [6.45, 7) is 2.84. The highest BCUT2D eigenvalue weighted by molar-refractivity contribution is 14.1. The van der Waals surface area contributed by atoms with Crippen molar-refractivity contribution >= 4 is 38.2 Å². The number of hydrogen-bond acceptors (Lipinski definition) is 4. The summed E-state index contributed by atoms with van der Waals surface area (Å²) in [5, 5.41) is 0. The standard InChI is InChI=1S/C15H18F4IN3OS/c1-13(2)12(21)23-14(3,10-6-9(20)4-5-11(10)16)8-25(13,24)22-7-15(17,18)19/h4-6H,7-8H2,1-3H3,(H2,21,23)/t14-,25?/m0/s1. The summed E-state index contributed by atoms with van der Waals surface area (Å²) in [6, 6.07) is 4.31. The van der Waals surface area contributed by atoms with Gasteiger partial charge >= 0.3 is 6.18 Å². The minimum Gasteiger partial charge on any atom is -0.386 e. The fourth-order valence-corrected chi connectivity index (χ4v) is 5.57. The number of rotatable bonds is 2. The third-order valence-electron chi connectivity index (χ3n) is 4.22. The Balaban J connectivity index is 2.67. The molecule has 0 aromatic heterocycles. The van der Waals surface area contributed by atoms with Crippen molar-refractivity contribution in [3.63, 3.8) is 0 Å². The van der Waals surface area contributed by atoms with Gasteiger partial charge in [-0.1, -0.05) is 0 Å². The van der Waals surface area contributed by atoms with E-state index in [0.29, 0.717) is 3.57 Å². The molecule has 10 heteroatoms. The van der Waals surface area contributed by atoms with E-state index in [1.165, 1.54) is 32.9 Å². The SMILES string of the molecule is CC1(C)C(N)=N[C@](C)(c2cc(I)ccc2F)CS1(=O)=NCC(F)(F)F. The molecule has 2 N–H and O–H groups in total. The van der Waals surface area contributed by atoms with Crippen molar-refractivity contribution in [1.82, 2.24) is 0 Å². The van der Waals surface area contributed by atoms with Crippen molar-refractivity contribution in [3.05, 3.63) is 33.1 Å². The average molecular weight is 491 g/mol. The lowest BCUT2D eigenvalue weighted by molar-refractivity contribution is -0.117. The number of hydrogen-bond donors (Lipinski definition) is 1. The number of alkyl halides is 3. The van der Waals surface area contributed by atoms with Crippen molar-refractivity contribution in [2.24, 2.45) is 15.1 Å². The van der Waals surface area contributed by atoms with Crippen LogP contribution in [0, 0.1) is 9.39 Å². The van der Waals surface area contributed by atoms with Crippen LogP contribution in [0.2, 0.25) is 0 Å². The predicted molar refractivity (Wildman–Crippen MR) is 98.5 cm³/mol. The Morgan fingerprint density at radius 2 is 1.96 bits per heavy atom. The topological polar surface area (TPSA) is 67.8 Å². The quantitative estimate of drug-likeness (QED) is 0.505. The number of benzene rings is 1. The lowest BCUT2D eigenvalue weighted by Gasteiger charge is -2.40. The van der Waals surface area contributed by atoms with Crippen molar-refractivity contribution in [1.29, 1.82) is 0 Å². The van der Waals surface area contributed by atoms with Gasteiger partial charge in [0.05, 0.1) is 15.5 Å². The number of nitrogens with two attached hydrogens (primary N) is 1. The van der Waals surface area contributed by atoms with Gasteiger partial charge in [0.2, 0.25) is 0 Å². The molecule has 0 saturated heterocycles. The number of halogens is 5. The zero-order chi connectivity index (χ0) is 19.3. The molecule has 0 fully saturated rings. The Labute approximate surface area is 157 Å². The second-order valence-corrected chi connectivity index (χ2v) is 10.7. The Morgan fingerprint density at radius 1 is 1.36 bits per heavy atom. The van der Waals surface area contributed by atoms with E-state index in [9.17, 15) is 21.8 Å². The molecule has 1 aliphatic rings. The van der Waals surface area contributed by atoms with Crippen LogP contribution in [0.15, 0.2) is 27.6 Å². The molecule has 4 nitrogen and oxygen atoms in total. The van der Waals surface area contributed by atoms with Crippen LogP contribution in [0.3, 0.4) is 0 Å². The minimum absolute atomic E-state index is 0.101. The zero-order valence-electron chi connectivity index (χ0n) is 13.8. The van der Waals surface area contributed by atoms with Crippen LogP contribution < -0.4 is 5.73 Å². The first-order chi connectivity index (χ1) is 11.2. The van der Waals surface area contributed by atoms with Gasteiger partial charge in [0.25, 0.3) is 0 Å². The van der Waals surface area contributed by atoms with E-state index in [2.05, 4.69) is 9.36 Å². The molecule has 0 amide bonds. The molecule has 2 atom stereocenters. The van der Waals surface area contributed by atoms with Crippen molar-refractivity contribution in [3.8, 4) is 0 Å². The van der Waals surface area contributed by atoms with Crippen molar-refractivity contribution in [2.75, 3.05) is 12.3 Å². The van der Waals surface area contributed by atoms with Gasteiger partial charge in [0.1, 0.15) is 28.5 Å². The Morgan fingerprint density at radius 3 is 2.52 bits per heavy atom. The highest BCUT2D eigenvalue weighted by Crippen LogP contribution is 2.39. The molecule has 0 bridgehead atoms. The number of aliphatic imine (C=N–C) groups is 1. The Hall–Kier alpha value is -0.910. The van der Waals surface area contributed by atoms with Gasteiger partial charge in [-0.15, -0.1) is 0 Å². The summed E-state index contributed by atoms with van der Waals surface area (Å²) >= 11 is 1.98. The molecule has 0 saturated carbocycles. The molecule has 140 valence electrons. The fraction of sp³-hybridized carbons (Fsp3) is 0.533. The molecule has 1 aliphatic heterocycles. The van der Waals surface area contributed by atoms with E-state index in [4.69, 9.17) is 5.73 Å². The largest absolute Gasteiger partial charge is 0.408 e. The first kappa shape index (κ1) is 20.4. The molecule has 25 heavy (non-hydrogen) atoms. The van der Waals surface area contributed by atoms with Gasteiger partial charge in [0, 0.05) is 9.13 Å². The fourth-order valence-electron chi connectivity index (χ4n) is 2.59. The van der Waals surface area contributed by atoms with Crippen molar-refractivity contribution in [2.45, 2.75) is 37.2 Å². The first-order valence-corrected chi connectivity index (χ1v) is 10.0. The van der Waals surface area contributed by atoms with E-state index in [0.717, 1.165) is 0 Å². The number of amidine groups is 1. The van der Waals surface area contributed by atoms with E-state index < -0.39 is 38.6 Å². The highest BCUT2D eigenvalue weighted by Gasteiger charge is 2.48. The number of nitrogens with zero attached hydrogens (tertiary/aromatic N) is 2. The maximum absolute atomic E-state index is 14.3. The summed E-state index contributed by atoms with van der Waals surface area (Å²) in [6.07, 6.45) is -4.59. The van der Waals surface area contributed by atoms with Crippen molar-refractivity contribution < 1.29 is 21.8 Å². The van der Waals surface area contributed by atoms with Gasteiger partial charge in [-0.05, 0) is 61.6 Å². The molecule has 1 heterocycles. The lowest BCUT2D eigenvalue weighted by Crippen LogP contribution is -2.55. The molecular formula is C15H18F4IN3OS. The predicted octanol–water partition coefficient (Wildman–Crippen LogP) is 3.83. The molecule has 2 rings (SSSR count). The minimum atomic E-state index is -4.59. The molecular weight excluding hydrogens is 473 g/mol. The smallest absolute Gasteiger partial charge is 0.386 e. The van der Waals surface area contributed by atoms with Crippen LogP contribution in [0.1, 0.15) is 26.3 Å². The summed E-state index contributed by atoms with van der Waals surface area (Å²) in [7, 11) is -3.46. The van der Waals surface area contributed by atoms with Crippen LogP contribution in [0.5, 0.6) is 0 Å². The molecule has 0 spiro atoms. The summed E-state index contributed by atoms with van der Waals surface area (Å²) < 4.78 is 68.4. The van der Waals surface area contributed by atoms with Crippen LogP contribution in [0.25, 0.3) is 0 Å². The maximum Gasteiger partial charge on any atom is 0.408 e. The third-order valence-corrected chi connectivity index (χ3v) is 8.19. The Bertz CT molecular complexity index is 844. The molecule has 0 aliphatic carbocycles. The van der Waals surface area contributed by atoms with Crippen LogP contribution >= 0.6 is 22.6 Å². The first-order valence-electron chi connectivity index (χ1n) is 7.28. The van der Waals surface area contributed by atoms with Crippen LogP contribution in [-0.4, -0.2) is 33.3 Å². The highest BCUT2D eigenvalue weighted by atomic mass is 127. The summed E-state index contributed by atoms with van der Waals surface area (Å²) in [4.78, 5) is 4.31. The van der Waals surface area contributed by atoms with Gasteiger partial charge in [-0.3, -0.25) is 4.99 Å². The van der Waals surface area contributed by atoms with E-state index in [-0.39, 0.29) is 17.2 Å². The normalized spacial score (nSPS) is 29.2. The lowest BCUT2D eigenvalue weighted by atomic mass is 9.93. The van der Waals surface area contributed by atoms with Gasteiger partial charge in [0.15, 0.2) is 0 Å². The second-order valence-electron chi connectivity index (χ2n) is 6.59. The molecule has 1 aromatic carbocycles. The molecule has 1 unspecified atom stereocenters. The summed E-state index contributed by atoms with van der Waals surface area (Å²) in [5.74, 6) is -1.03. The monoisotopic (exact) mass is 491 g/mol. The van der Waals surface area contributed by atoms with E-state index in [1.54, 1.807) is 6.07 Å².